The molecule has 0 radical (unpaired) electrons. The molecule has 0 aliphatic heterocycles. The minimum absolute atomic E-state index is 0. The lowest BCUT2D eigenvalue weighted by atomic mass is 10.2. The lowest BCUT2D eigenvalue weighted by molar-refractivity contribution is -0.141. The molecular formula is C13H16ClF3N4. The summed E-state index contributed by atoms with van der Waals surface area (Å²) < 4.78 is 39.0. The normalized spacial score (nSPS) is 11.1. The minimum Gasteiger partial charge on any atom is -0.385 e. The van der Waals surface area contributed by atoms with Crippen molar-refractivity contribution in [2.75, 3.05) is 12.4 Å². The van der Waals surface area contributed by atoms with Crippen molar-refractivity contribution in [2.45, 2.75) is 26.6 Å². The Balaban J connectivity index is 0.00000220. The third-order valence-electron chi connectivity index (χ3n) is 3.08. The zero-order valence-electron chi connectivity index (χ0n) is 11.8. The van der Waals surface area contributed by atoms with Crippen LogP contribution >= 0.6 is 12.4 Å². The van der Waals surface area contributed by atoms with Crippen LogP contribution in [0.15, 0.2) is 18.3 Å². The highest BCUT2D eigenvalue weighted by atomic mass is 35.5. The Morgan fingerprint density at radius 1 is 1.24 bits per heavy atom. The Bertz CT molecular complexity index is 605. The van der Waals surface area contributed by atoms with Crippen molar-refractivity contribution in [3.05, 3.63) is 41.0 Å². The average molecular weight is 321 g/mol. The van der Waals surface area contributed by atoms with Gasteiger partial charge in [-0.05, 0) is 25.5 Å². The molecule has 0 aliphatic rings. The van der Waals surface area contributed by atoms with Gasteiger partial charge >= 0.3 is 6.18 Å². The van der Waals surface area contributed by atoms with Crippen LogP contribution in [0.3, 0.4) is 0 Å². The molecule has 0 aromatic carbocycles. The van der Waals surface area contributed by atoms with Crippen LogP contribution < -0.4 is 5.32 Å². The predicted molar refractivity (Wildman–Crippen MR) is 76.8 cm³/mol. The van der Waals surface area contributed by atoms with Gasteiger partial charge in [0.1, 0.15) is 5.69 Å². The zero-order chi connectivity index (χ0) is 14.9. The quantitative estimate of drug-likeness (QED) is 0.942. The molecule has 0 atom stereocenters. The summed E-state index contributed by atoms with van der Waals surface area (Å²) in [5, 5.41) is 7.40. The van der Waals surface area contributed by atoms with Crippen molar-refractivity contribution >= 4 is 18.1 Å². The molecule has 2 heterocycles. The van der Waals surface area contributed by atoms with E-state index in [0.29, 0.717) is 12.1 Å². The van der Waals surface area contributed by atoms with E-state index < -0.39 is 11.9 Å². The number of aromatic nitrogens is 3. The lowest BCUT2D eigenvalue weighted by Crippen LogP contribution is -2.09. The number of nitrogens with zero attached hydrogens (tertiary/aromatic N) is 3. The van der Waals surface area contributed by atoms with Crippen molar-refractivity contribution < 1.29 is 13.2 Å². The van der Waals surface area contributed by atoms with Gasteiger partial charge in [0.05, 0.1) is 23.6 Å². The maximum Gasteiger partial charge on any atom is 0.433 e. The molecule has 0 amide bonds. The van der Waals surface area contributed by atoms with E-state index in [0.717, 1.165) is 23.1 Å². The van der Waals surface area contributed by atoms with Crippen molar-refractivity contribution in [3.63, 3.8) is 0 Å². The van der Waals surface area contributed by atoms with Gasteiger partial charge in [0.25, 0.3) is 0 Å². The number of nitrogens with one attached hydrogen (secondary N) is 1. The first kappa shape index (κ1) is 17.3. The highest BCUT2D eigenvalue weighted by molar-refractivity contribution is 5.85. The van der Waals surface area contributed by atoms with E-state index in [1.165, 1.54) is 12.3 Å². The second-order valence-corrected chi connectivity index (χ2v) is 4.50. The summed E-state index contributed by atoms with van der Waals surface area (Å²) in [4.78, 5) is 3.44. The summed E-state index contributed by atoms with van der Waals surface area (Å²) in [7, 11) is 1.81. The molecule has 116 valence electrons. The van der Waals surface area contributed by atoms with E-state index in [1.807, 2.05) is 13.8 Å². The number of hydrogen-bond acceptors (Lipinski definition) is 3. The van der Waals surface area contributed by atoms with Crippen LogP contribution in [0.25, 0.3) is 0 Å². The Morgan fingerprint density at radius 2 is 1.90 bits per heavy atom. The second kappa shape index (κ2) is 6.34. The van der Waals surface area contributed by atoms with Gasteiger partial charge in [0.15, 0.2) is 0 Å². The van der Waals surface area contributed by atoms with Crippen LogP contribution in [0, 0.1) is 13.8 Å². The van der Waals surface area contributed by atoms with Crippen molar-refractivity contribution in [3.8, 4) is 0 Å². The molecule has 0 aliphatic carbocycles. The molecule has 1 N–H and O–H groups in total. The molecular weight excluding hydrogens is 305 g/mol. The standard InChI is InChI=1S/C13H15F3N4.ClH/c1-8-12(17-3)9(2)20(19-8)7-10-4-5-11(18-6-10)13(14,15)16;/h4-6,17H,7H2,1-3H3;1H. The third-order valence-corrected chi connectivity index (χ3v) is 3.08. The van der Waals surface area contributed by atoms with Crippen LogP contribution in [0.1, 0.15) is 22.6 Å². The predicted octanol–water partition coefficient (Wildman–Crippen LogP) is 3.43. The Kier molecular flexibility index (Phi) is 5.22. The molecule has 0 unspecified atom stereocenters. The summed E-state index contributed by atoms with van der Waals surface area (Å²) in [5.74, 6) is 0. The maximum absolute atomic E-state index is 12.4. The van der Waals surface area contributed by atoms with E-state index in [2.05, 4.69) is 15.4 Å². The molecule has 0 bridgehead atoms. The summed E-state index contributed by atoms with van der Waals surface area (Å²) in [6, 6.07) is 2.41. The van der Waals surface area contributed by atoms with Gasteiger partial charge in [0, 0.05) is 13.2 Å². The fraction of sp³-hybridized carbons (Fsp3) is 0.385. The molecule has 2 aromatic heterocycles. The summed E-state index contributed by atoms with van der Waals surface area (Å²) in [5.41, 5.74) is 2.51. The smallest absolute Gasteiger partial charge is 0.385 e. The first-order chi connectivity index (χ1) is 9.32. The molecule has 21 heavy (non-hydrogen) atoms. The lowest BCUT2D eigenvalue weighted by Gasteiger charge is -2.08. The van der Waals surface area contributed by atoms with Crippen LogP contribution in [-0.4, -0.2) is 21.8 Å². The van der Waals surface area contributed by atoms with Crippen molar-refractivity contribution in [1.82, 2.24) is 14.8 Å². The molecule has 0 spiro atoms. The van der Waals surface area contributed by atoms with Gasteiger partial charge in [-0.2, -0.15) is 18.3 Å². The maximum atomic E-state index is 12.4. The van der Waals surface area contributed by atoms with E-state index in [1.54, 1.807) is 11.7 Å². The van der Waals surface area contributed by atoms with Crippen molar-refractivity contribution in [2.24, 2.45) is 0 Å². The summed E-state index contributed by atoms with van der Waals surface area (Å²) in [6.45, 7) is 4.17. The Hall–Kier alpha value is -1.76. The summed E-state index contributed by atoms with van der Waals surface area (Å²) >= 11 is 0. The molecule has 8 heteroatoms. The number of rotatable bonds is 3. The number of hydrogen-bond donors (Lipinski definition) is 1. The topological polar surface area (TPSA) is 42.7 Å². The third kappa shape index (κ3) is 3.66. The van der Waals surface area contributed by atoms with Crippen LogP contribution in [-0.2, 0) is 12.7 Å². The largest absolute Gasteiger partial charge is 0.433 e. The zero-order valence-corrected chi connectivity index (χ0v) is 12.6. The van der Waals surface area contributed by atoms with Gasteiger partial charge in [-0.25, -0.2) is 0 Å². The van der Waals surface area contributed by atoms with Crippen LogP contribution in [0.5, 0.6) is 0 Å². The van der Waals surface area contributed by atoms with Crippen LogP contribution in [0.2, 0.25) is 0 Å². The molecule has 0 saturated carbocycles. The number of pyridine rings is 1. The second-order valence-electron chi connectivity index (χ2n) is 4.50. The number of aryl methyl sites for hydroxylation is 1. The van der Waals surface area contributed by atoms with Gasteiger partial charge in [0.2, 0.25) is 0 Å². The fourth-order valence-electron chi connectivity index (χ4n) is 2.07. The number of anilines is 1. The number of halogens is 4. The molecule has 0 saturated heterocycles. The van der Waals surface area contributed by atoms with Gasteiger partial charge < -0.3 is 5.32 Å². The van der Waals surface area contributed by atoms with E-state index >= 15 is 0 Å². The minimum atomic E-state index is -4.41. The highest BCUT2D eigenvalue weighted by Gasteiger charge is 2.32. The summed E-state index contributed by atoms with van der Waals surface area (Å²) in [6.07, 6.45) is -3.17. The van der Waals surface area contributed by atoms with E-state index in [-0.39, 0.29) is 12.4 Å². The Morgan fingerprint density at radius 3 is 2.33 bits per heavy atom. The van der Waals surface area contributed by atoms with Gasteiger partial charge in [-0.15, -0.1) is 12.4 Å². The van der Waals surface area contributed by atoms with E-state index in [4.69, 9.17) is 0 Å². The first-order valence-corrected chi connectivity index (χ1v) is 6.07. The Labute approximate surface area is 126 Å². The molecule has 4 nitrogen and oxygen atoms in total. The molecule has 0 fully saturated rings. The SMILES string of the molecule is CNc1c(C)nn(Cc2ccc(C(F)(F)F)nc2)c1C.Cl. The highest BCUT2D eigenvalue weighted by Crippen LogP contribution is 2.27. The van der Waals surface area contributed by atoms with Gasteiger partial charge in [-0.3, -0.25) is 9.67 Å². The molecule has 2 rings (SSSR count). The first-order valence-electron chi connectivity index (χ1n) is 6.07. The van der Waals surface area contributed by atoms with E-state index in [9.17, 15) is 13.2 Å². The fourth-order valence-corrected chi connectivity index (χ4v) is 2.07. The average Bonchev–Trinajstić information content (AvgIpc) is 2.63. The van der Waals surface area contributed by atoms with Crippen LogP contribution in [0.4, 0.5) is 18.9 Å². The van der Waals surface area contributed by atoms with Crippen molar-refractivity contribution in [1.29, 1.82) is 0 Å². The van der Waals surface area contributed by atoms with Gasteiger partial charge in [-0.1, -0.05) is 6.07 Å². The monoisotopic (exact) mass is 320 g/mol. The number of alkyl halides is 3. The molecule has 2 aromatic rings.